The lowest BCUT2D eigenvalue weighted by molar-refractivity contribution is -0.115. The fourth-order valence-corrected chi connectivity index (χ4v) is 3.97. The molecule has 0 aromatic heterocycles. The van der Waals surface area contributed by atoms with Crippen LogP contribution >= 0.6 is 11.8 Å². The van der Waals surface area contributed by atoms with Crippen molar-refractivity contribution in [1.29, 1.82) is 0 Å². The molecule has 7 heteroatoms. The zero-order chi connectivity index (χ0) is 18.7. The summed E-state index contributed by atoms with van der Waals surface area (Å²) in [5.74, 6) is -0.961. The van der Waals surface area contributed by atoms with E-state index in [0.29, 0.717) is 11.4 Å². The van der Waals surface area contributed by atoms with E-state index in [1.807, 2.05) is 30.3 Å². The minimum atomic E-state index is -0.590. The van der Waals surface area contributed by atoms with Crippen LogP contribution in [0, 0.1) is 0 Å². The van der Waals surface area contributed by atoms with Gasteiger partial charge in [0.15, 0.2) is 0 Å². The molecule has 6 nitrogen and oxygen atoms in total. The summed E-state index contributed by atoms with van der Waals surface area (Å²) >= 11 is 1.49. The third-order valence-electron chi connectivity index (χ3n) is 3.99. The van der Waals surface area contributed by atoms with E-state index >= 15 is 0 Å². The topological polar surface area (TPSA) is 72.9 Å². The monoisotopic (exact) mass is 371 g/mol. The SMILES string of the molecule is COC(=O)c1cc(C(=O)OC)cc(N2C(=O)CSC2c2ccccc2)c1. The molecule has 1 fully saturated rings. The standard InChI is InChI=1S/C19H17NO5S/c1-24-18(22)13-8-14(19(23)25-2)10-15(9-13)20-16(21)11-26-17(20)12-6-4-3-5-7-12/h3-10,17H,11H2,1-2H3. The van der Waals surface area contributed by atoms with E-state index in [1.165, 1.54) is 32.0 Å². The van der Waals surface area contributed by atoms with Gasteiger partial charge in [0.25, 0.3) is 0 Å². The summed E-state index contributed by atoms with van der Waals surface area (Å²) in [6, 6.07) is 14.1. The van der Waals surface area contributed by atoms with Crippen LogP contribution in [0.5, 0.6) is 0 Å². The number of rotatable bonds is 4. The number of ether oxygens (including phenoxy) is 2. The molecule has 0 saturated carbocycles. The number of benzene rings is 2. The Labute approximate surface area is 155 Å². The molecule has 134 valence electrons. The molecule has 1 amide bonds. The normalized spacial score (nSPS) is 16.5. The lowest BCUT2D eigenvalue weighted by Crippen LogP contribution is -2.28. The Balaban J connectivity index is 2.09. The molecule has 1 aliphatic rings. The molecule has 0 N–H and O–H groups in total. The second-order valence-electron chi connectivity index (χ2n) is 5.59. The van der Waals surface area contributed by atoms with Crippen LogP contribution in [0.15, 0.2) is 48.5 Å². The second kappa shape index (κ2) is 7.61. The molecule has 1 heterocycles. The minimum absolute atomic E-state index is 0.0957. The Morgan fingerprint density at radius 2 is 1.58 bits per heavy atom. The van der Waals surface area contributed by atoms with E-state index in [9.17, 15) is 14.4 Å². The van der Waals surface area contributed by atoms with Crippen molar-refractivity contribution in [3.05, 3.63) is 65.2 Å². The molecule has 0 spiro atoms. The van der Waals surface area contributed by atoms with E-state index in [-0.39, 0.29) is 22.4 Å². The van der Waals surface area contributed by atoms with Crippen LogP contribution < -0.4 is 4.90 Å². The lowest BCUT2D eigenvalue weighted by Gasteiger charge is -2.25. The number of thioether (sulfide) groups is 1. The molecule has 2 aromatic rings. The molecule has 3 rings (SSSR count). The van der Waals surface area contributed by atoms with Crippen LogP contribution in [0.25, 0.3) is 0 Å². The van der Waals surface area contributed by atoms with Crippen molar-refractivity contribution in [2.45, 2.75) is 5.37 Å². The van der Waals surface area contributed by atoms with E-state index in [2.05, 4.69) is 0 Å². The minimum Gasteiger partial charge on any atom is -0.465 e. The highest BCUT2D eigenvalue weighted by Crippen LogP contribution is 2.42. The first-order valence-corrected chi connectivity index (χ1v) is 8.90. The molecule has 0 bridgehead atoms. The molecule has 1 saturated heterocycles. The Morgan fingerprint density at radius 3 is 2.12 bits per heavy atom. The summed E-state index contributed by atoms with van der Waals surface area (Å²) in [4.78, 5) is 38.1. The van der Waals surface area contributed by atoms with Gasteiger partial charge in [0.1, 0.15) is 5.37 Å². The summed E-state index contributed by atoms with van der Waals surface area (Å²) in [7, 11) is 2.52. The van der Waals surface area contributed by atoms with Gasteiger partial charge in [-0.2, -0.15) is 0 Å². The van der Waals surface area contributed by atoms with E-state index in [4.69, 9.17) is 9.47 Å². The Hall–Kier alpha value is -2.80. The molecule has 26 heavy (non-hydrogen) atoms. The van der Waals surface area contributed by atoms with Crippen molar-refractivity contribution in [2.24, 2.45) is 0 Å². The zero-order valence-corrected chi connectivity index (χ0v) is 15.1. The number of carbonyl (C=O) groups excluding carboxylic acids is 3. The van der Waals surface area contributed by atoms with Gasteiger partial charge in [0.2, 0.25) is 5.91 Å². The van der Waals surface area contributed by atoms with Crippen molar-refractivity contribution in [2.75, 3.05) is 24.9 Å². The van der Waals surface area contributed by atoms with Gasteiger partial charge < -0.3 is 9.47 Å². The van der Waals surface area contributed by atoms with Crippen LogP contribution in [0.4, 0.5) is 5.69 Å². The third-order valence-corrected chi connectivity index (χ3v) is 5.20. The smallest absolute Gasteiger partial charge is 0.337 e. The fourth-order valence-electron chi connectivity index (χ4n) is 2.79. The first-order valence-electron chi connectivity index (χ1n) is 7.85. The van der Waals surface area contributed by atoms with Crippen LogP contribution in [-0.4, -0.2) is 37.8 Å². The third kappa shape index (κ3) is 3.43. The van der Waals surface area contributed by atoms with Gasteiger partial charge in [-0.25, -0.2) is 9.59 Å². The van der Waals surface area contributed by atoms with Gasteiger partial charge in [-0.3, -0.25) is 9.69 Å². The number of esters is 2. The van der Waals surface area contributed by atoms with E-state index < -0.39 is 11.9 Å². The number of carbonyl (C=O) groups is 3. The Morgan fingerprint density at radius 1 is 1.00 bits per heavy atom. The molecule has 1 atom stereocenters. The molecule has 1 aliphatic heterocycles. The van der Waals surface area contributed by atoms with Gasteiger partial charge in [-0.15, -0.1) is 11.8 Å². The first kappa shape index (κ1) is 18.0. The van der Waals surface area contributed by atoms with Gasteiger partial charge in [-0.1, -0.05) is 30.3 Å². The summed E-state index contributed by atoms with van der Waals surface area (Å²) < 4.78 is 9.52. The summed E-state index contributed by atoms with van der Waals surface area (Å²) in [6.45, 7) is 0. The Bertz CT molecular complexity index is 818. The van der Waals surface area contributed by atoms with Crippen molar-refractivity contribution in [3.8, 4) is 0 Å². The number of methoxy groups -OCH3 is 2. The quantitative estimate of drug-likeness (QED) is 0.769. The van der Waals surface area contributed by atoms with E-state index in [0.717, 1.165) is 5.56 Å². The lowest BCUT2D eigenvalue weighted by atomic mass is 10.1. The maximum absolute atomic E-state index is 12.5. The largest absolute Gasteiger partial charge is 0.465 e. The van der Waals surface area contributed by atoms with Gasteiger partial charge in [0, 0.05) is 5.69 Å². The zero-order valence-electron chi connectivity index (χ0n) is 14.3. The summed E-state index contributed by atoms with van der Waals surface area (Å²) in [5.41, 5.74) is 1.78. The van der Waals surface area contributed by atoms with Crippen molar-refractivity contribution in [1.82, 2.24) is 0 Å². The highest BCUT2D eigenvalue weighted by atomic mass is 32.2. The molecule has 2 aromatic carbocycles. The average Bonchev–Trinajstić information content (AvgIpc) is 3.08. The predicted octanol–water partition coefficient (Wildman–Crippen LogP) is 3.04. The highest BCUT2D eigenvalue weighted by Gasteiger charge is 2.34. The van der Waals surface area contributed by atoms with Crippen LogP contribution in [0.1, 0.15) is 31.7 Å². The summed E-state index contributed by atoms with van der Waals surface area (Å²) in [5, 5.41) is -0.234. The first-order chi connectivity index (χ1) is 12.5. The highest BCUT2D eigenvalue weighted by molar-refractivity contribution is 8.00. The van der Waals surface area contributed by atoms with Gasteiger partial charge >= 0.3 is 11.9 Å². The van der Waals surface area contributed by atoms with Crippen LogP contribution in [-0.2, 0) is 14.3 Å². The molecule has 0 aliphatic carbocycles. The number of nitrogens with zero attached hydrogens (tertiary/aromatic N) is 1. The predicted molar refractivity (Wildman–Crippen MR) is 98.2 cm³/mol. The number of hydrogen-bond donors (Lipinski definition) is 0. The van der Waals surface area contributed by atoms with Crippen molar-refractivity contribution in [3.63, 3.8) is 0 Å². The molecular formula is C19H17NO5S. The van der Waals surface area contributed by atoms with Gasteiger partial charge in [0.05, 0.1) is 31.1 Å². The number of amides is 1. The molecular weight excluding hydrogens is 354 g/mol. The maximum Gasteiger partial charge on any atom is 0.337 e. The van der Waals surface area contributed by atoms with Crippen molar-refractivity contribution < 1.29 is 23.9 Å². The summed E-state index contributed by atoms with van der Waals surface area (Å²) in [6.07, 6.45) is 0. The van der Waals surface area contributed by atoms with Crippen LogP contribution in [0.2, 0.25) is 0 Å². The van der Waals surface area contributed by atoms with Crippen molar-refractivity contribution >= 4 is 35.3 Å². The average molecular weight is 371 g/mol. The van der Waals surface area contributed by atoms with Crippen LogP contribution in [0.3, 0.4) is 0 Å². The maximum atomic E-state index is 12.5. The Kier molecular flexibility index (Phi) is 5.27. The number of anilines is 1. The molecule has 0 radical (unpaired) electrons. The van der Waals surface area contributed by atoms with E-state index in [1.54, 1.807) is 17.0 Å². The fraction of sp³-hybridized carbons (Fsp3) is 0.211. The molecule has 1 unspecified atom stereocenters. The number of hydrogen-bond acceptors (Lipinski definition) is 6. The van der Waals surface area contributed by atoms with Gasteiger partial charge in [-0.05, 0) is 23.8 Å². The second-order valence-corrected chi connectivity index (χ2v) is 6.66.